The van der Waals surface area contributed by atoms with E-state index in [1.807, 2.05) is 19.2 Å². The number of rotatable bonds is 8. The molecule has 2 amide bonds. The lowest BCUT2D eigenvalue weighted by Gasteiger charge is -2.38. The van der Waals surface area contributed by atoms with Crippen molar-refractivity contribution in [2.24, 2.45) is 11.8 Å². The summed E-state index contributed by atoms with van der Waals surface area (Å²) in [4.78, 5) is 32.3. The van der Waals surface area contributed by atoms with Gasteiger partial charge in [-0.1, -0.05) is 33.1 Å². The van der Waals surface area contributed by atoms with Crippen LogP contribution >= 0.6 is 0 Å². The van der Waals surface area contributed by atoms with E-state index in [2.05, 4.69) is 34.4 Å². The van der Waals surface area contributed by atoms with Crippen molar-refractivity contribution in [2.75, 3.05) is 13.6 Å². The molecule has 1 aliphatic carbocycles. The summed E-state index contributed by atoms with van der Waals surface area (Å²) >= 11 is 0. The van der Waals surface area contributed by atoms with Gasteiger partial charge in [0.15, 0.2) is 0 Å². The van der Waals surface area contributed by atoms with Crippen LogP contribution in [0.1, 0.15) is 77.2 Å². The Labute approximate surface area is 208 Å². The molecule has 0 radical (unpaired) electrons. The first kappa shape index (κ1) is 25.7. The van der Waals surface area contributed by atoms with Gasteiger partial charge in [-0.2, -0.15) is 0 Å². The average Bonchev–Trinajstić information content (AvgIpc) is 3.46. The van der Waals surface area contributed by atoms with E-state index in [9.17, 15) is 14.0 Å². The molecule has 2 aliphatic rings. The zero-order valence-corrected chi connectivity index (χ0v) is 21.6. The third-order valence-electron chi connectivity index (χ3n) is 8.49. The van der Waals surface area contributed by atoms with Crippen LogP contribution in [0.25, 0.3) is 10.9 Å². The summed E-state index contributed by atoms with van der Waals surface area (Å²) in [5, 5.41) is 7.15. The number of benzene rings is 1. The number of carbonyl (C=O) groups is 2. The van der Waals surface area contributed by atoms with Gasteiger partial charge in [0.25, 0.3) is 0 Å². The van der Waals surface area contributed by atoms with Crippen molar-refractivity contribution >= 4 is 22.7 Å². The van der Waals surface area contributed by atoms with Crippen molar-refractivity contribution in [1.29, 1.82) is 0 Å². The molecule has 1 aromatic carbocycles. The number of hydrogen-bond acceptors (Lipinski definition) is 3. The summed E-state index contributed by atoms with van der Waals surface area (Å²) in [5.41, 5.74) is 1.93. The maximum absolute atomic E-state index is 14.2. The van der Waals surface area contributed by atoms with Gasteiger partial charge in [-0.25, -0.2) is 4.39 Å². The van der Waals surface area contributed by atoms with Crippen molar-refractivity contribution in [3.8, 4) is 0 Å². The normalized spacial score (nSPS) is 23.9. The molecule has 1 saturated carbocycles. The zero-order chi connectivity index (χ0) is 25.1. The molecule has 0 bridgehead atoms. The summed E-state index contributed by atoms with van der Waals surface area (Å²) in [6.07, 6.45) is 9.17. The highest BCUT2D eigenvalue weighted by atomic mass is 19.1. The monoisotopic (exact) mass is 484 g/mol. The van der Waals surface area contributed by atoms with Crippen LogP contribution in [-0.2, 0) is 9.59 Å². The Hall–Kier alpha value is -2.41. The second-order valence-corrected chi connectivity index (χ2v) is 10.6. The van der Waals surface area contributed by atoms with Crippen LogP contribution in [0, 0.1) is 17.7 Å². The quantitative estimate of drug-likeness (QED) is 0.508. The molecule has 7 heteroatoms. The molecule has 4 rings (SSSR count). The first-order valence-electron chi connectivity index (χ1n) is 13.4. The van der Waals surface area contributed by atoms with E-state index >= 15 is 0 Å². The molecule has 3 N–H and O–H groups in total. The predicted molar refractivity (Wildman–Crippen MR) is 138 cm³/mol. The van der Waals surface area contributed by atoms with Gasteiger partial charge in [0.2, 0.25) is 11.8 Å². The number of carbonyl (C=O) groups excluding carboxylic acids is 2. The van der Waals surface area contributed by atoms with Crippen molar-refractivity contribution in [3.63, 3.8) is 0 Å². The number of aromatic nitrogens is 1. The molecule has 2 heterocycles. The molecule has 2 fully saturated rings. The fourth-order valence-electron chi connectivity index (χ4n) is 6.35. The number of likely N-dealkylation sites (N-methyl/N-ethyl adjacent to an activating group) is 1. The van der Waals surface area contributed by atoms with Crippen LogP contribution in [-0.4, -0.2) is 53.4 Å². The fraction of sp³-hybridized carbons (Fsp3) is 0.643. The minimum Gasteiger partial charge on any atom is -0.361 e. The molecule has 2 aromatic rings. The van der Waals surface area contributed by atoms with Crippen molar-refractivity contribution in [2.45, 2.75) is 89.8 Å². The van der Waals surface area contributed by atoms with E-state index in [1.54, 1.807) is 7.05 Å². The zero-order valence-electron chi connectivity index (χ0n) is 21.6. The van der Waals surface area contributed by atoms with Gasteiger partial charge in [-0.3, -0.25) is 9.59 Å². The summed E-state index contributed by atoms with van der Waals surface area (Å²) in [7, 11) is 1.76. The third kappa shape index (κ3) is 5.25. The largest absolute Gasteiger partial charge is 0.361 e. The summed E-state index contributed by atoms with van der Waals surface area (Å²) in [5.74, 6) is 0.338. The minimum atomic E-state index is -0.485. The number of nitrogens with one attached hydrogen (secondary N) is 3. The van der Waals surface area contributed by atoms with Crippen LogP contribution in [0.3, 0.4) is 0 Å². The molecular weight excluding hydrogens is 443 g/mol. The van der Waals surface area contributed by atoms with Gasteiger partial charge in [-0.05, 0) is 75.3 Å². The molecule has 5 atom stereocenters. The lowest BCUT2D eigenvalue weighted by atomic mass is 9.81. The maximum atomic E-state index is 14.2. The molecule has 35 heavy (non-hydrogen) atoms. The molecule has 192 valence electrons. The Morgan fingerprint density at radius 3 is 2.63 bits per heavy atom. The van der Waals surface area contributed by atoms with Gasteiger partial charge >= 0.3 is 0 Å². The lowest BCUT2D eigenvalue weighted by Crippen LogP contribution is -2.57. The van der Waals surface area contributed by atoms with Gasteiger partial charge in [-0.15, -0.1) is 0 Å². The van der Waals surface area contributed by atoms with Crippen molar-refractivity contribution < 1.29 is 14.0 Å². The lowest BCUT2D eigenvalue weighted by molar-refractivity contribution is -0.140. The van der Waals surface area contributed by atoms with Crippen LogP contribution in [0.4, 0.5) is 4.39 Å². The highest BCUT2D eigenvalue weighted by molar-refractivity contribution is 5.90. The van der Waals surface area contributed by atoms with Gasteiger partial charge in [0.1, 0.15) is 11.9 Å². The number of halogens is 1. The van der Waals surface area contributed by atoms with E-state index in [0.717, 1.165) is 55.0 Å². The molecule has 6 nitrogen and oxygen atoms in total. The van der Waals surface area contributed by atoms with E-state index in [0.29, 0.717) is 12.5 Å². The van der Waals surface area contributed by atoms with E-state index < -0.39 is 6.04 Å². The first-order chi connectivity index (χ1) is 16.8. The Balaban J connectivity index is 1.64. The topological polar surface area (TPSA) is 77.2 Å². The summed E-state index contributed by atoms with van der Waals surface area (Å²) in [6.45, 7) is 6.92. The van der Waals surface area contributed by atoms with E-state index in [-0.39, 0.29) is 41.6 Å². The number of nitrogens with zero attached hydrogens (tertiary/aromatic N) is 1. The molecule has 1 aromatic heterocycles. The Kier molecular flexibility index (Phi) is 8.15. The van der Waals surface area contributed by atoms with Crippen LogP contribution < -0.4 is 10.6 Å². The van der Waals surface area contributed by atoms with Gasteiger partial charge in [0, 0.05) is 35.6 Å². The highest BCUT2D eigenvalue weighted by Gasteiger charge is 2.44. The number of likely N-dealkylation sites (tertiary alicyclic amines) is 1. The number of hydrogen-bond donors (Lipinski definition) is 3. The summed E-state index contributed by atoms with van der Waals surface area (Å²) < 4.78 is 13.8. The molecule has 0 spiro atoms. The second kappa shape index (κ2) is 11.1. The number of amides is 2. The van der Waals surface area contributed by atoms with Crippen LogP contribution in [0.15, 0.2) is 24.4 Å². The van der Waals surface area contributed by atoms with Crippen molar-refractivity contribution in [3.05, 3.63) is 35.8 Å². The fourth-order valence-corrected chi connectivity index (χ4v) is 6.35. The number of fused-ring (bicyclic) bond motifs is 1. The second-order valence-electron chi connectivity index (χ2n) is 10.6. The standard InChI is InChI=1S/C28H41FN4O2/c1-5-21(23-16-31-24-15-20(29)11-12-22(23)24)26-17(2)13-14-33(26)28(35)25(19-9-7-6-8-10-19)32-27(34)18(3)30-4/h11-12,15-19,21,25-26,30-31H,5-10,13-14H2,1-4H3,(H,32,34)/t17?,18-,21+,25?,26-/m0/s1. The third-order valence-corrected chi connectivity index (χ3v) is 8.49. The van der Waals surface area contributed by atoms with E-state index in [4.69, 9.17) is 0 Å². The molecule has 1 aliphatic heterocycles. The molecule has 1 saturated heterocycles. The van der Waals surface area contributed by atoms with Crippen LogP contribution in [0.2, 0.25) is 0 Å². The maximum Gasteiger partial charge on any atom is 0.245 e. The van der Waals surface area contributed by atoms with Gasteiger partial charge < -0.3 is 20.5 Å². The SMILES string of the molecule is CC[C@H](c1c[nH]c2cc(F)ccc12)[C@@H]1C(C)CCN1C(=O)C(NC(=O)[C@H](C)NC)C1CCCCC1. The first-order valence-corrected chi connectivity index (χ1v) is 13.4. The minimum absolute atomic E-state index is 0.0428. The smallest absolute Gasteiger partial charge is 0.245 e. The summed E-state index contributed by atoms with van der Waals surface area (Å²) in [6, 6.07) is 4.09. The Morgan fingerprint density at radius 2 is 1.94 bits per heavy atom. The predicted octanol–water partition coefficient (Wildman–Crippen LogP) is 4.71. The number of aromatic amines is 1. The number of H-pyrrole nitrogens is 1. The Bertz CT molecular complexity index is 1030. The molecule has 2 unspecified atom stereocenters. The highest BCUT2D eigenvalue weighted by Crippen LogP contribution is 2.41. The van der Waals surface area contributed by atoms with E-state index in [1.165, 1.54) is 18.6 Å². The Morgan fingerprint density at radius 1 is 1.20 bits per heavy atom. The van der Waals surface area contributed by atoms with Gasteiger partial charge in [0.05, 0.1) is 6.04 Å². The average molecular weight is 485 g/mol. The van der Waals surface area contributed by atoms with Crippen LogP contribution in [0.5, 0.6) is 0 Å². The van der Waals surface area contributed by atoms with Crippen molar-refractivity contribution in [1.82, 2.24) is 20.5 Å². The molecular formula is C28H41FN4O2.